The highest BCUT2D eigenvalue weighted by Gasteiger charge is 2.33. The highest BCUT2D eigenvalue weighted by atomic mass is 32.2. The molecule has 0 spiro atoms. The summed E-state index contributed by atoms with van der Waals surface area (Å²) in [5.41, 5.74) is 2.85. The fourth-order valence-corrected chi connectivity index (χ4v) is 6.09. The van der Waals surface area contributed by atoms with Gasteiger partial charge in [0, 0.05) is 31.2 Å². The van der Waals surface area contributed by atoms with Gasteiger partial charge in [-0.1, -0.05) is 30.3 Å². The second-order valence-corrected chi connectivity index (χ2v) is 11.1. The molecule has 6 nitrogen and oxygen atoms in total. The first-order valence-electron chi connectivity index (χ1n) is 11.7. The number of nitrogens with zero attached hydrogens (tertiary/aromatic N) is 2. The second kappa shape index (κ2) is 10.3. The van der Waals surface area contributed by atoms with Gasteiger partial charge in [-0.15, -0.1) is 0 Å². The minimum atomic E-state index is -3.26. The summed E-state index contributed by atoms with van der Waals surface area (Å²) < 4.78 is 33.1. The molecule has 4 rings (SSSR count). The van der Waals surface area contributed by atoms with Crippen molar-refractivity contribution < 1.29 is 13.2 Å². The number of hydrogen-bond acceptors (Lipinski definition) is 5. The second-order valence-electron chi connectivity index (χ2n) is 9.34. The number of hydrogen-bond donors (Lipinski definition) is 1. The maximum absolute atomic E-state index is 11.9. The standard InChI is InChI=1S/C25H35N3O3S/c1-19-7-3-4-8-23(19)20-10-12-22(13-11-20)31-18-21-17-28(25-9-5-6-15-26-25)16-14-24(21)27-32(2,29)30/h3-9,15,20-22,24,27H,10-14,16-18H2,1-2H3/t20-,21-,22+,24-/m0/s1. The lowest BCUT2D eigenvalue weighted by atomic mass is 9.81. The molecule has 2 heterocycles. The Hall–Kier alpha value is -1.96. The SMILES string of the molecule is Cc1ccccc1[C@H]1CC[C@@H](OC[C@@H]2CN(c3ccccn3)CC[C@@H]2NS(C)(=O)=O)CC1. The van der Waals surface area contributed by atoms with Crippen LogP contribution in [0.1, 0.15) is 49.1 Å². The van der Waals surface area contributed by atoms with Crippen LogP contribution in [-0.4, -0.2) is 51.5 Å². The number of ether oxygens (including phenoxy) is 1. The molecule has 2 atom stereocenters. The Morgan fingerprint density at radius 2 is 1.81 bits per heavy atom. The number of anilines is 1. The smallest absolute Gasteiger partial charge is 0.208 e. The molecule has 1 saturated carbocycles. The Kier molecular flexibility index (Phi) is 7.48. The van der Waals surface area contributed by atoms with Crippen molar-refractivity contribution in [1.82, 2.24) is 9.71 Å². The molecule has 2 fully saturated rings. The minimum absolute atomic E-state index is 0.0922. The van der Waals surface area contributed by atoms with E-state index in [2.05, 4.69) is 45.8 Å². The van der Waals surface area contributed by atoms with Gasteiger partial charge >= 0.3 is 0 Å². The van der Waals surface area contributed by atoms with Gasteiger partial charge in [-0.25, -0.2) is 18.1 Å². The van der Waals surface area contributed by atoms with Gasteiger partial charge in [0.05, 0.1) is 19.0 Å². The average molecular weight is 458 g/mol. The molecule has 174 valence electrons. The summed E-state index contributed by atoms with van der Waals surface area (Å²) in [6.45, 7) is 4.28. The molecule has 1 saturated heterocycles. The quantitative estimate of drug-likeness (QED) is 0.683. The van der Waals surface area contributed by atoms with Crippen LogP contribution in [0.4, 0.5) is 5.82 Å². The Bertz CT molecular complexity index is 975. The van der Waals surface area contributed by atoms with Crippen LogP contribution in [0.25, 0.3) is 0 Å². The maximum atomic E-state index is 11.9. The fourth-order valence-electron chi connectivity index (χ4n) is 5.23. The van der Waals surface area contributed by atoms with Gasteiger partial charge in [0.1, 0.15) is 5.82 Å². The molecule has 0 amide bonds. The Labute approximate surface area is 192 Å². The molecule has 1 aromatic carbocycles. The summed E-state index contributed by atoms with van der Waals surface area (Å²) in [4.78, 5) is 6.72. The van der Waals surface area contributed by atoms with Gasteiger partial charge < -0.3 is 9.64 Å². The molecule has 1 aromatic heterocycles. The van der Waals surface area contributed by atoms with Crippen molar-refractivity contribution in [2.24, 2.45) is 5.92 Å². The summed E-state index contributed by atoms with van der Waals surface area (Å²) in [6, 6.07) is 14.5. The van der Waals surface area contributed by atoms with Crippen LogP contribution in [0, 0.1) is 12.8 Å². The summed E-state index contributed by atoms with van der Waals surface area (Å²) in [5, 5.41) is 0. The van der Waals surface area contributed by atoms with E-state index in [1.54, 1.807) is 6.20 Å². The Morgan fingerprint density at radius 3 is 2.50 bits per heavy atom. The monoisotopic (exact) mass is 457 g/mol. The molecular weight excluding hydrogens is 422 g/mol. The molecule has 1 N–H and O–H groups in total. The van der Waals surface area contributed by atoms with Crippen molar-refractivity contribution in [2.75, 3.05) is 30.9 Å². The summed E-state index contributed by atoms with van der Waals surface area (Å²) in [6.07, 6.45) is 8.44. The normalized spacial score (nSPS) is 26.8. The number of piperidine rings is 1. The lowest BCUT2D eigenvalue weighted by molar-refractivity contribution is -0.00216. The first-order chi connectivity index (χ1) is 15.4. The minimum Gasteiger partial charge on any atom is -0.378 e. The van der Waals surface area contributed by atoms with Crippen LogP contribution < -0.4 is 9.62 Å². The average Bonchev–Trinajstić information content (AvgIpc) is 2.79. The topological polar surface area (TPSA) is 71.5 Å². The van der Waals surface area contributed by atoms with E-state index in [0.29, 0.717) is 12.5 Å². The van der Waals surface area contributed by atoms with Crippen LogP contribution in [0.15, 0.2) is 48.7 Å². The summed E-state index contributed by atoms with van der Waals surface area (Å²) >= 11 is 0. The summed E-state index contributed by atoms with van der Waals surface area (Å²) in [5.74, 6) is 1.65. The molecule has 32 heavy (non-hydrogen) atoms. The third kappa shape index (κ3) is 6.09. The molecule has 0 bridgehead atoms. The van der Waals surface area contributed by atoms with E-state index in [0.717, 1.165) is 51.0 Å². The number of benzene rings is 1. The van der Waals surface area contributed by atoms with Crippen molar-refractivity contribution in [3.8, 4) is 0 Å². The van der Waals surface area contributed by atoms with E-state index in [9.17, 15) is 8.42 Å². The molecule has 1 aliphatic carbocycles. The molecule has 1 aliphatic heterocycles. The molecule has 2 aliphatic rings. The van der Waals surface area contributed by atoms with E-state index >= 15 is 0 Å². The number of aryl methyl sites for hydroxylation is 1. The third-order valence-corrected chi connectivity index (χ3v) is 7.65. The van der Waals surface area contributed by atoms with E-state index < -0.39 is 10.0 Å². The van der Waals surface area contributed by atoms with Crippen LogP contribution >= 0.6 is 0 Å². The lowest BCUT2D eigenvalue weighted by Crippen LogP contribution is -2.52. The number of pyridine rings is 1. The van der Waals surface area contributed by atoms with E-state index in [1.807, 2.05) is 18.2 Å². The highest BCUT2D eigenvalue weighted by molar-refractivity contribution is 7.88. The van der Waals surface area contributed by atoms with Gasteiger partial charge in [0.25, 0.3) is 0 Å². The largest absolute Gasteiger partial charge is 0.378 e. The molecule has 2 aromatic rings. The molecule has 0 radical (unpaired) electrons. The van der Waals surface area contributed by atoms with Gasteiger partial charge in [-0.05, 0) is 68.2 Å². The van der Waals surface area contributed by atoms with Crippen LogP contribution in [0.2, 0.25) is 0 Å². The molecule has 7 heteroatoms. The fraction of sp³-hybridized carbons (Fsp3) is 0.560. The lowest BCUT2D eigenvalue weighted by Gasteiger charge is -2.40. The predicted octanol–water partition coefficient (Wildman–Crippen LogP) is 3.88. The molecular formula is C25H35N3O3S. The van der Waals surface area contributed by atoms with E-state index in [1.165, 1.54) is 17.4 Å². The summed E-state index contributed by atoms with van der Waals surface area (Å²) in [7, 11) is -3.26. The zero-order valence-corrected chi connectivity index (χ0v) is 19.9. The predicted molar refractivity (Wildman–Crippen MR) is 128 cm³/mol. The van der Waals surface area contributed by atoms with Gasteiger partial charge in [-0.2, -0.15) is 0 Å². The van der Waals surface area contributed by atoms with Crippen molar-refractivity contribution in [3.63, 3.8) is 0 Å². The van der Waals surface area contributed by atoms with Crippen molar-refractivity contribution in [2.45, 2.75) is 57.1 Å². The first-order valence-corrected chi connectivity index (χ1v) is 13.6. The third-order valence-electron chi connectivity index (χ3n) is 6.92. The zero-order chi connectivity index (χ0) is 22.6. The van der Waals surface area contributed by atoms with E-state index in [4.69, 9.17) is 4.74 Å². The van der Waals surface area contributed by atoms with Crippen molar-refractivity contribution in [1.29, 1.82) is 0 Å². The van der Waals surface area contributed by atoms with Gasteiger partial charge in [0.15, 0.2) is 0 Å². The molecule has 0 unspecified atom stereocenters. The number of nitrogens with one attached hydrogen (secondary N) is 1. The van der Waals surface area contributed by atoms with Gasteiger partial charge in [-0.3, -0.25) is 0 Å². The van der Waals surface area contributed by atoms with Crippen LogP contribution in [0.5, 0.6) is 0 Å². The highest BCUT2D eigenvalue weighted by Crippen LogP contribution is 2.36. The van der Waals surface area contributed by atoms with Crippen LogP contribution in [-0.2, 0) is 14.8 Å². The zero-order valence-electron chi connectivity index (χ0n) is 19.1. The van der Waals surface area contributed by atoms with Crippen molar-refractivity contribution >= 4 is 15.8 Å². The van der Waals surface area contributed by atoms with Crippen molar-refractivity contribution in [3.05, 3.63) is 59.8 Å². The first kappa shape index (κ1) is 23.2. The maximum Gasteiger partial charge on any atom is 0.208 e. The number of aromatic nitrogens is 1. The Morgan fingerprint density at radius 1 is 1.06 bits per heavy atom. The number of sulfonamides is 1. The Balaban J connectivity index is 1.35. The van der Waals surface area contributed by atoms with Gasteiger partial charge in [0.2, 0.25) is 10.0 Å². The van der Waals surface area contributed by atoms with E-state index in [-0.39, 0.29) is 18.1 Å². The van der Waals surface area contributed by atoms with Crippen LogP contribution in [0.3, 0.4) is 0 Å². The number of rotatable bonds is 7.